The molecular formula is C16H21N2O3+. The number of anilines is 1. The van der Waals surface area contributed by atoms with Crippen LogP contribution in [0.25, 0.3) is 0 Å². The molecule has 3 rings (SSSR count). The highest BCUT2D eigenvalue weighted by Crippen LogP contribution is 2.22. The van der Waals surface area contributed by atoms with Crippen LogP contribution in [0.2, 0.25) is 0 Å². The number of para-hydroxylation sites is 1. The van der Waals surface area contributed by atoms with Crippen LogP contribution >= 0.6 is 0 Å². The summed E-state index contributed by atoms with van der Waals surface area (Å²) in [6.07, 6.45) is 2.29. The Morgan fingerprint density at radius 3 is 2.71 bits per heavy atom. The minimum absolute atomic E-state index is 0.0974. The van der Waals surface area contributed by atoms with Crippen molar-refractivity contribution in [3.8, 4) is 0 Å². The van der Waals surface area contributed by atoms with Gasteiger partial charge in [-0.15, -0.1) is 0 Å². The summed E-state index contributed by atoms with van der Waals surface area (Å²) in [5.74, 6) is 0.0389. The van der Waals surface area contributed by atoms with Crippen molar-refractivity contribution in [3.63, 3.8) is 0 Å². The largest absolute Gasteiger partial charge is 0.396 e. The van der Waals surface area contributed by atoms with E-state index in [0.29, 0.717) is 5.69 Å². The molecule has 5 nitrogen and oxygen atoms in total. The molecule has 2 N–H and O–H groups in total. The number of rotatable bonds is 3. The SMILES string of the molecule is O=C1CC([NH+]2CCCC(CO)C2)C(=O)N1c1ccccc1. The molecule has 5 heteroatoms. The van der Waals surface area contributed by atoms with Gasteiger partial charge in [-0.3, -0.25) is 9.59 Å². The smallest absolute Gasteiger partial charge is 0.292 e. The number of amides is 2. The van der Waals surface area contributed by atoms with Gasteiger partial charge >= 0.3 is 0 Å². The number of carbonyl (C=O) groups is 2. The molecule has 3 atom stereocenters. The van der Waals surface area contributed by atoms with E-state index in [1.54, 1.807) is 12.1 Å². The summed E-state index contributed by atoms with van der Waals surface area (Å²) in [6.45, 7) is 1.85. The van der Waals surface area contributed by atoms with Gasteiger partial charge in [0.1, 0.15) is 0 Å². The number of piperidine rings is 1. The van der Waals surface area contributed by atoms with E-state index in [9.17, 15) is 14.7 Å². The number of carbonyl (C=O) groups excluding carboxylic acids is 2. The molecule has 0 bridgehead atoms. The van der Waals surface area contributed by atoms with Crippen molar-refractivity contribution >= 4 is 17.5 Å². The van der Waals surface area contributed by atoms with Crippen LogP contribution in [-0.2, 0) is 9.59 Å². The van der Waals surface area contributed by atoms with E-state index in [0.717, 1.165) is 30.8 Å². The lowest BCUT2D eigenvalue weighted by Crippen LogP contribution is -3.18. The van der Waals surface area contributed by atoms with E-state index < -0.39 is 0 Å². The van der Waals surface area contributed by atoms with Crippen LogP contribution in [0.1, 0.15) is 19.3 Å². The van der Waals surface area contributed by atoms with Gasteiger partial charge < -0.3 is 10.0 Å². The molecule has 3 unspecified atom stereocenters. The van der Waals surface area contributed by atoms with Gasteiger partial charge in [-0.1, -0.05) is 18.2 Å². The Kier molecular flexibility index (Phi) is 4.03. The van der Waals surface area contributed by atoms with E-state index in [4.69, 9.17) is 0 Å². The first-order valence-electron chi connectivity index (χ1n) is 7.58. The second-order valence-electron chi connectivity index (χ2n) is 5.96. The first-order valence-corrected chi connectivity index (χ1v) is 7.58. The predicted molar refractivity (Wildman–Crippen MR) is 77.8 cm³/mol. The van der Waals surface area contributed by atoms with Crippen LogP contribution in [0.5, 0.6) is 0 Å². The highest BCUT2D eigenvalue weighted by Gasteiger charge is 2.46. The number of aliphatic hydroxyl groups excluding tert-OH is 1. The zero-order valence-electron chi connectivity index (χ0n) is 12.0. The van der Waals surface area contributed by atoms with Crippen molar-refractivity contribution in [2.75, 3.05) is 24.6 Å². The molecule has 2 saturated heterocycles. The summed E-state index contributed by atoms with van der Waals surface area (Å²) in [5.41, 5.74) is 0.658. The van der Waals surface area contributed by atoms with E-state index in [1.807, 2.05) is 18.2 Å². The summed E-state index contributed by atoms with van der Waals surface area (Å²) in [4.78, 5) is 27.3. The summed E-state index contributed by atoms with van der Waals surface area (Å²) in [5, 5.41) is 9.32. The molecule has 2 amide bonds. The van der Waals surface area contributed by atoms with Crippen molar-refractivity contribution in [3.05, 3.63) is 30.3 Å². The van der Waals surface area contributed by atoms with E-state index in [-0.39, 0.29) is 36.8 Å². The van der Waals surface area contributed by atoms with Crippen molar-refractivity contribution in [1.29, 1.82) is 0 Å². The summed E-state index contributed by atoms with van der Waals surface area (Å²) in [7, 11) is 0. The second-order valence-corrected chi connectivity index (χ2v) is 5.96. The number of quaternary nitrogens is 1. The number of imide groups is 1. The third-order valence-corrected chi connectivity index (χ3v) is 4.57. The molecular weight excluding hydrogens is 268 g/mol. The fourth-order valence-electron chi connectivity index (χ4n) is 3.46. The second kappa shape index (κ2) is 5.95. The van der Waals surface area contributed by atoms with Crippen LogP contribution in [0.3, 0.4) is 0 Å². The lowest BCUT2D eigenvalue weighted by molar-refractivity contribution is -0.923. The van der Waals surface area contributed by atoms with Gasteiger partial charge in [0, 0.05) is 5.92 Å². The van der Waals surface area contributed by atoms with Gasteiger partial charge in [0.15, 0.2) is 6.04 Å². The fourth-order valence-corrected chi connectivity index (χ4v) is 3.46. The molecule has 0 radical (unpaired) electrons. The summed E-state index contributed by atoms with van der Waals surface area (Å²) in [6, 6.07) is 8.83. The van der Waals surface area contributed by atoms with Gasteiger partial charge in [-0.05, 0) is 25.0 Å². The third-order valence-electron chi connectivity index (χ3n) is 4.57. The monoisotopic (exact) mass is 289 g/mol. The van der Waals surface area contributed by atoms with Gasteiger partial charge in [-0.25, -0.2) is 4.90 Å². The van der Waals surface area contributed by atoms with Crippen LogP contribution in [0, 0.1) is 5.92 Å². The molecule has 21 heavy (non-hydrogen) atoms. The Morgan fingerprint density at radius 2 is 2.00 bits per heavy atom. The highest BCUT2D eigenvalue weighted by atomic mass is 16.3. The first-order chi connectivity index (χ1) is 10.2. The van der Waals surface area contributed by atoms with Gasteiger partial charge in [0.05, 0.1) is 31.8 Å². The zero-order chi connectivity index (χ0) is 14.8. The number of hydrogen-bond donors (Lipinski definition) is 2. The minimum atomic E-state index is -0.285. The Balaban J connectivity index is 1.77. The van der Waals surface area contributed by atoms with Gasteiger partial charge in [-0.2, -0.15) is 0 Å². The number of benzene rings is 1. The molecule has 1 aromatic carbocycles. The number of nitrogens with one attached hydrogen (secondary N) is 1. The number of nitrogens with zero attached hydrogens (tertiary/aromatic N) is 1. The maximum atomic E-state index is 12.6. The fraction of sp³-hybridized carbons (Fsp3) is 0.500. The zero-order valence-corrected chi connectivity index (χ0v) is 12.0. The quantitative estimate of drug-likeness (QED) is 0.745. The first kappa shape index (κ1) is 14.2. The van der Waals surface area contributed by atoms with Crippen LogP contribution in [-0.4, -0.2) is 42.7 Å². The average molecular weight is 289 g/mol. The average Bonchev–Trinajstić information content (AvgIpc) is 2.83. The molecule has 0 aromatic heterocycles. The Hall–Kier alpha value is -1.72. The third kappa shape index (κ3) is 2.71. The summed E-state index contributed by atoms with van der Waals surface area (Å²) >= 11 is 0. The Morgan fingerprint density at radius 1 is 1.24 bits per heavy atom. The standard InChI is InChI=1S/C16H20N2O3/c19-11-12-5-4-8-17(10-12)14-9-15(20)18(16(14)21)13-6-2-1-3-7-13/h1-3,6-7,12,14,19H,4-5,8-11H2/p+1. The maximum Gasteiger partial charge on any atom is 0.292 e. The van der Waals surface area contributed by atoms with Crippen molar-refractivity contribution in [2.24, 2.45) is 5.92 Å². The molecule has 2 aliphatic rings. The van der Waals surface area contributed by atoms with Gasteiger partial charge in [0.2, 0.25) is 5.91 Å². The minimum Gasteiger partial charge on any atom is -0.396 e. The number of hydrogen-bond acceptors (Lipinski definition) is 3. The lowest BCUT2D eigenvalue weighted by atomic mass is 9.97. The van der Waals surface area contributed by atoms with Crippen molar-refractivity contribution < 1.29 is 19.6 Å². The molecule has 2 heterocycles. The van der Waals surface area contributed by atoms with Crippen molar-refractivity contribution in [2.45, 2.75) is 25.3 Å². The molecule has 1 aromatic rings. The van der Waals surface area contributed by atoms with E-state index in [2.05, 4.69) is 0 Å². The van der Waals surface area contributed by atoms with E-state index >= 15 is 0 Å². The molecule has 2 fully saturated rings. The van der Waals surface area contributed by atoms with Crippen LogP contribution in [0.4, 0.5) is 5.69 Å². The molecule has 112 valence electrons. The summed E-state index contributed by atoms with van der Waals surface area (Å²) < 4.78 is 0. The number of aliphatic hydroxyl groups is 1. The van der Waals surface area contributed by atoms with Crippen molar-refractivity contribution in [1.82, 2.24) is 0 Å². The molecule has 0 saturated carbocycles. The predicted octanol–water partition coefficient (Wildman–Crippen LogP) is -0.394. The Labute approximate surface area is 124 Å². The van der Waals surface area contributed by atoms with E-state index in [1.165, 1.54) is 4.90 Å². The van der Waals surface area contributed by atoms with Gasteiger partial charge in [0.25, 0.3) is 5.91 Å². The Bertz CT molecular complexity index is 532. The van der Waals surface area contributed by atoms with Crippen LogP contribution in [0.15, 0.2) is 30.3 Å². The van der Waals surface area contributed by atoms with Crippen LogP contribution < -0.4 is 9.80 Å². The highest BCUT2D eigenvalue weighted by molar-refractivity contribution is 6.21. The number of likely N-dealkylation sites (tertiary alicyclic amines) is 1. The maximum absolute atomic E-state index is 12.6. The molecule has 2 aliphatic heterocycles. The normalized spacial score (nSPS) is 30.0. The molecule has 0 aliphatic carbocycles. The molecule has 0 spiro atoms. The topological polar surface area (TPSA) is 62.1 Å². The lowest BCUT2D eigenvalue weighted by Gasteiger charge is -2.31.